The van der Waals surface area contributed by atoms with Crippen LogP contribution in [0.3, 0.4) is 0 Å². The molecule has 1 aliphatic heterocycles. The van der Waals surface area contributed by atoms with Crippen LogP contribution in [0.15, 0.2) is 18.2 Å². The molecule has 0 aromatic heterocycles. The Balaban J connectivity index is 2.51. The average molecular weight is 205 g/mol. The van der Waals surface area contributed by atoms with Crippen molar-refractivity contribution in [2.24, 2.45) is 0 Å². The van der Waals surface area contributed by atoms with Crippen LogP contribution in [0.1, 0.15) is 25.0 Å². The summed E-state index contributed by atoms with van der Waals surface area (Å²) in [6.07, 6.45) is 0.928. The van der Waals surface area contributed by atoms with Crippen molar-refractivity contribution in [2.75, 3.05) is 5.32 Å². The first kappa shape index (κ1) is 9.66. The summed E-state index contributed by atoms with van der Waals surface area (Å²) in [5.41, 5.74) is 3.88. The van der Waals surface area contributed by atoms with E-state index in [1.807, 2.05) is 0 Å². The summed E-state index contributed by atoms with van der Waals surface area (Å²) in [5.74, 6) is 0. The summed E-state index contributed by atoms with van der Waals surface area (Å²) in [6, 6.07) is 6.36. The van der Waals surface area contributed by atoms with Gasteiger partial charge in [-0.2, -0.15) is 0 Å². The van der Waals surface area contributed by atoms with Gasteiger partial charge in [-0.1, -0.05) is 24.4 Å². The van der Waals surface area contributed by atoms with Crippen molar-refractivity contribution in [1.82, 2.24) is 0 Å². The van der Waals surface area contributed by atoms with Crippen LogP contribution < -0.4 is 5.32 Å². The number of anilines is 1. The quantitative estimate of drug-likeness (QED) is 0.653. The summed E-state index contributed by atoms with van der Waals surface area (Å²) in [6.45, 7) is 6.42. The van der Waals surface area contributed by atoms with Gasteiger partial charge in [0.1, 0.15) is 0 Å². The highest BCUT2D eigenvalue weighted by Gasteiger charge is 2.29. The highest BCUT2D eigenvalue weighted by atomic mass is 32.1. The van der Waals surface area contributed by atoms with Crippen LogP contribution >= 0.6 is 12.2 Å². The van der Waals surface area contributed by atoms with Crippen molar-refractivity contribution in [3.05, 3.63) is 29.3 Å². The molecule has 2 heteroatoms. The van der Waals surface area contributed by atoms with Crippen LogP contribution in [0.5, 0.6) is 0 Å². The minimum atomic E-state index is -0.0455. The average Bonchev–Trinajstić information content (AvgIpc) is 2.08. The van der Waals surface area contributed by atoms with Crippen LogP contribution in [-0.2, 0) is 6.42 Å². The molecule has 0 saturated heterocycles. The molecule has 0 fully saturated rings. The maximum Gasteiger partial charge on any atom is 0.0635 e. The second kappa shape index (κ2) is 3.06. The predicted octanol–water partition coefficient (Wildman–Crippen LogP) is 3.11. The number of fused-ring (bicyclic) bond motifs is 1. The van der Waals surface area contributed by atoms with E-state index in [9.17, 15) is 0 Å². The SMILES string of the molecule is Cc1cccc2c1CC(=S)C(C)(C)N2. The lowest BCUT2D eigenvalue weighted by Crippen LogP contribution is -2.43. The third kappa shape index (κ3) is 1.44. The fourth-order valence-corrected chi connectivity index (χ4v) is 2.04. The van der Waals surface area contributed by atoms with Gasteiger partial charge in [-0.05, 0) is 38.0 Å². The van der Waals surface area contributed by atoms with Gasteiger partial charge in [-0.25, -0.2) is 0 Å². The number of hydrogen-bond acceptors (Lipinski definition) is 2. The number of nitrogens with one attached hydrogen (secondary N) is 1. The Kier molecular flexibility index (Phi) is 2.11. The van der Waals surface area contributed by atoms with Crippen LogP contribution in [0.4, 0.5) is 5.69 Å². The van der Waals surface area contributed by atoms with Gasteiger partial charge in [0.05, 0.1) is 5.54 Å². The molecule has 0 bridgehead atoms. The maximum absolute atomic E-state index is 5.42. The zero-order chi connectivity index (χ0) is 10.3. The van der Waals surface area contributed by atoms with Crippen molar-refractivity contribution in [2.45, 2.75) is 32.7 Å². The van der Waals surface area contributed by atoms with E-state index >= 15 is 0 Å². The topological polar surface area (TPSA) is 12.0 Å². The molecular weight excluding hydrogens is 190 g/mol. The molecule has 0 saturated carbocycles. The molecule has 1 aliphatic rings. The molecule has 1 N–H and O–H groups in total. The van der Waals surface area contributed by atoms with Gasteiger partial charge in [0.2, 0.25) is 0 Å². The Morgan fingerprint density at radius 3 is 2.79 bits per heavy atom. The smallest absolute Gasteiger partial charge is 0.0635 e. The van der Waals surface area contributed by atoms with Crippen LogP contribution in [-0.4, -0.2) is 10.4 Å². The summed E-state index contributed by atoms with van der Waals surface area (Å²) in [4.78, 5) is 1.10. The van der Waals surface area contributed by atoms with E-state index in [1.165, 1.54) is 16.8 Å². The van der Waals surface area contributed by atoms with Crippen molar-refractivity contribution in [3.8, 4) is 0 Å². The van der Waals surface area contributed by atoms with Gasteiger partial charge in [0.25, 0.3) is 0 Å². The Morgan fingerprint density at radius 1 is 1.36 bits per heavy atom. The van der Waals surface area contributed by atoms with Gasteiger partial charge in [-0.3, -0.25) is 0 Å². The fraction of sp³-hybridized carbons (Fsp3) is 0.417. The van der Waals surface area contributed by atoms with Crippen LogP contribution in [0.2, 0.25) is 0 Å². The number of rotatable bonds is 0. The van der Waals surface area contributed by atoms with Gasteiger partial charge in [0, 0.05) is 17.0 Å². The van der Waals surface area contributed by atoms with Gasteiger partial charge in [0.15, 0.2) is 0 Å². The second-order valence-electron chi connectivity index (χ2n) is 4.45. The van der Waals surface area contributed by atoms with E-state index in [1.54, 1.807) is 0 Å². The lowest BCUT2D eigenvalue weighted by atomic mass is 9.87. The molecule has 0 unspecified atom stereocenters. The first-order chi connectivity index (χ1) is 6.50. The Morgan fingerprint density at radius 2 is 2.07 bits per heavy atom. The standard InChI is InChI=1S/C12H15NS/c1-8-5-4-6-10-9(8)7-11(14)12(2,3)13-10/h4-6,13H,7H2,1-3H3. The normalized spacial score (nSPS) is 18.6. The largest absolute Gasteiger partial charge is 0.375 e. The zero-order valence-electron chi connectivity index (χ0n) is 8.85. The second-order valence-corrected chi connectivity index (χ2v) is 4.94. The molecule has 2 rings (SSSR count). The molecule has 74 valence electrons. The molecule has 0 atom stereocenters. The zero-order valence-corrected chi connectivity index (χ0v) is 9.66. The van der Waals surface area contributed by atoms with Gasteiger partial charge in [-0.15, -0.1) is 0 Å². The molecule has 1 aromatic rings. The predicted molar refractivity (Wildman–Crippen MR) is 65.2 cm³/mol. The molecular formula is C12H15NS. The maximum atomic E-state index is 5.42. The van der Waals surface area contributed by atoms with Crippen molar-refractivity contribution < 1.29 is 0 Å². The monoisotopic (exact) mass is 205 g/mol. The molecule has 0 spiro atoms. The van der Waals surface area contributed by atoms with E-state index in [2.05, 4.69) is 44.3 Å². The first-order valence-electron chi connectivity index (χ1n) is 4.91. The highest BCUT2D eigenvalue weighted by Crippen LogP contribution is 2.30. The molecule has 0 amide bonds. The van der Waals surface area contributed by atoms with E-state index < -0.39 is 0 Å². The van der Waals surface area contributed by atoms with Gasteiger partial charge < -0.3 is 5.32 Å². The van der Waals surface area contributed by atoms with Crippen molar-refractivity contribution in [3.63, 3.8) is 0 Å². The molecule has 1 nitrogen and oxygen atoms in total. The molecule has 14 heavy (non-hydrogen) atoms. The summed E-state index contributed by atoms with van der Waals surface area (Å²) in [5, 5.41) is 3.49. The van der Waals surface area contributed by atoms with E-state index in [-0.39, 0.29) is 5.54 Å². The highest BCUT2D eigenvalue weighted by molar-refractivity contribution is 7.80. The lowest BCUT2D eigenvalue weighted by Gasteiger charge is -2.35. The first-order valence-corrected chi connectivity index (χ1v) is 5.31. The van der Waals surface area contributed by atoms with Crippen molar-refractivity contribution in [1.29, 1.82) is 0 Å². The molecule has 0 aliphatic carbocycles. The molecule has 1 aromatic carbocycles. The Bertz CT molecular complexity index is 393. The van der Waals surface area contributed by atoms with E-state index in [0.29, 0.717) is 0 Å². The van der Waals surface area contributed by atoms with Crippen molar-refractivity contribution >= 4 is 22.8 Å². The third-order valence-corrected chi connectivity index (χ3v) is 3.55. The minimum absolute atomic E-state index is 0.0455. The number of thiocarbonyl (C=S) groups is 1. The van der Waals surface area contributed by atoms with E-state index in [4.69, 9.17) is 12.2 Å². The molecule has 1 heterocycles. The number of benzene rings is 1. The fourth-order valence-electron chi connectivity index (χ4n) is 1.84. The van der Waals surface area contributed by atoms with Crippen LogP contribution in [0.25, 0.3) is 0 Å². The Hall–Kier alpha value is -0.890. The van der Waals surface area contributed by atoms with E-state index in [0.717, 1.165) is 11.3 Å². The summed E-state index contributed by atoms with van der Waals surface area (Å²) >= 11 is 5.42. The molecule has 0 radical (unpaired) electrons. The minimum Gasteiger partial charge on any atom is -0.375 e. The third-order valence-electron chi connectivity index (χ3n) is 2.89. The Labute approximate surface area is 90.5 Å². The summed E-state index contributed by atoms with van der Waals surface area (Å²) in [7, 11) is 0. The summed E-state index contributed by atoms with van der Waals surface area (Å²) < 4.78 is 0. The number of aryl methyl sites for hydroxylation is 1. The number of hydrogen-bond donors (Lipinski definition) is 1. The van der Waals surface area contributed by atoms with Gasteiger partial charge >= 0.3 is 0 Å². The lowest BCUT2D eigenvalue weighted by molar-refractivity contribution is 0.742. The van der Waals surface area contributed by atoms with Crippen LogP contribution in [0, 0.1) is 6.92 Å².